The Morgan fingerprint density at radius 1 is 1.31 bits per heavy atom. The Hall–Kier alpha value is -3.35. The van der Waals surface area contributed by atoms with Crippen molar-refractivity contribution in [2.24, 2.45) is 4.99 Å². The van der Waals surface area contributed by atoms with Gasteiger partial charge < -0.3 is 10.1 Å². The first-order chi connectivity index (χ1) is 14.0. The largest absolute Gasteiger partial charge is 0.494 e. The zero-order valence-electron chi connectivity index (χ0n) is 16.7. The molecule has 0 saturated heterocycles. The van der Waals surface area contributed by atoms with Crippen molar-refractivity contribution >= 4 is 16.6 Å². The molecule has 0 saturated carbocycles. The zero-order valence-corrected chi connectivity index (χ0v) is 16.7. The predicted octanol–water partition coefficient (Wildman–Crippen LogP) is 3.13. The molecule has 7 heteroatoms. The third-order valence-corrected chi connectivity index (χ3v) is 5.05. The van der Waals surface area contributed by atoms with Gasteiger partial charge in [-0.05, 0) is 30.9 Å². The van der Waals surface area contributed by atoms with E-state index in [0.29, 0.717) is 18.6 Å². The van der Waals surface area contributed by atoms with Crippen LogP contribution in [0.25, 0.3) is 10.9 Å². The van der Waals surface area contributed by atoms with Gasteiger partial charge in [-0.2, -0.15) is 0 Å². The van der Waals surface area contributed by atoms with Gasteiger partial charge in [0, 0.05) is 23.6 Å². The van der Waals surface area contributed by atoms with Gasteiger partial charge in [0.2, 0.25) is 5.88 Å². The average Bonchev–Trinajstić information content (AvgIpc) is 3.12. The molecule has 0 fully saturated rings. The maximum atomic E-state index is 12.4. The lowest BCUT2D eigenvalue weighted by Gasteiger charge is -2.15. The molecule has 3 aromatic rings. The van der Waals surface area contributed by atoms with E-state index in [-0.39, 0.29) is 24.0 Å². The smallest absolute Gasteiger partial charge is 0.331 e. The summed E-state index contributed by atoms with van der Waals surface area (Å²) in [5.74, 6) is -0.374. The van der Waals surface area contributed by atoms with Crippen LogP contribution in [-0.4, -0.2) is 31.4 Å². The van der Waals surface area contributed by atoms with Crippen molar-refractivity contribution in [1.29, 1.82) is 0 Å². The van der Waals surface area contributed by atoms with Crippen LogP contribution in [0.3, 0.4) is 0 Å². The molecule has 1 unspecified atom stereocenters. The van der Waals surface area contributed by atoms with Crippen LogP contribution >= 0.6 is 0 Å². The lowest BCUT2D eigenvalue weighted by Crippen LogP contribution is -2.34. The van der Waals surface area contributed by atoms with E-state index < -0.39 is 11.2 Å². The number of H-pyrrole nitrogens is 2. The Bertz CT molecular complexity index is 1170. The maximum Gasteiger partial charge on any atom is 0.331 e. The molecule has 1 atom stereocenters. The van der Waals surface area contributed by atoms with Crippen LogP contribution in [0.1, 0.15) is 37.8 Å². The number of aromatic hydroxyl groups is 1. The molecule has 0 radical (unpaired) electrons. The van der Waals surface area contributed by atoms with E-state index in [4.69, 9.17) is 4.99 Å². The quantitative estimate of drug-likeness (QED) is 0.404. The summed E-state index contributed by atoms with van der Waals surface area (Å²) in [5.41, 5.74) is 1.46. The molecule has 2 aromatic heterocycles. The molecular formula is C22H26N4O3. The molecule has 1 aromatic carbocycles. The zero-order chi connectivity index (χ0) is 21.0. The molecule has 0 aliphatic carbocycles. The van der Waals surface area contributed by atoms with Gasteiger partial charge in [0.1, 0.15) is 5.56 Å². The minimum atomic E-state index is -0.669. The number of fused-ring (bicyclic) bond motifs is 1. The molecule has 0 bridgehead atoms. The first kappa shape index (κ1) is 20.4. The topological polar surface area (TPSA) is 103 Å². The van der Waals surface area contributed by atoms with E-state index in [2.05, 4.69) is 22.6 Å². The van der Waals surface area contributed by atoms with Gasteiger partial charge in [-0.3, -0.25) is 19.3 Å². The van der Waals surface area contributed by atoms with Gasteiger partial charge in [0.15, 0.2) is 0 Å². The molecule has 0 aliphatic heterocycles. The van der Waals surface area contributed by atoms with Crippen LogP contribution in [-0.2, 0) is 13.0 Å². The number of benzene rings is 1. The molecule has 0 aliphatic rings. The Kier molecular flexibility index (Phi) is 6.16. The van der Waals surface area contributed by atoms with E-state index in [9.17, 15) is 14.7 Å². The number of aromatic amines is 2. The fraction of sp³-hybridized carbons (Fsp3) is 0.318. The second-order valence-electron chi connectivity index (χ2n) is 6.91. The first-order valence-electron chi connectivity index (χ1n) is 9.79. The van der Waals surface area contributed by atoms with Gasteiger partial charge in [0.25, 0.3) is 5.56 Å². The number of hydrogen-bond acceptors (Lipinski definition) is 4. The van der Waals surface area contributed by atoms with E-state index in [1.54, 1.807) is 0 Å². The summed E-state index contributed by atoms with van der Waals surface area (Å²) < 4.78 is 1.08. The summed E-state index contributed by atoms with van der Waals surface area (Å²) >= 11 is 0. The highest BCUT2D eigenvalue weighted by Gasteiger charge is 2.19. The van der Waals surface area contributed by atoms with Crippen molar-refractivity contribution in [2.45, 2.75) is 45.7 Å². The number of nitrogens with zero attached hydrogens (tertiary/aromatic N) is 2. The van der Waals surface area contributed by atoms with Crippen molar-refractivity contribution < 1.29 is 5.11 Å². The monoisotopic (exact) mass is 394 g/mol. The van der Waals surface area contributed by atoms with Crippen LogP contribution < -0.4 is 11.2 Å². The molecule has 3 N–H and O–H groups in total. The van der Waals surface area contributed by atoms with E-state index >= 15 is 0 Å². The van der Waals surface area contributed by atoms with Crippen LogP contribution in [0.2, 0.25) is 0 Å². The number of aliphatic imine (C=N–C) groups is 1. The minimum absolute atomic E-state index is 0.0475. The third kappa shape index (κ3) is 4.08. The molecule has 7 nitrogen and oxygen atoms in total. The predicted molar refractivity (Wildman–Crippen MR) is 116 cm³/mol. The van der Waals surface area contributed by atoms with Crippen LogP contribution in [0.4, 0.5) is 0 Å². The molecule has 3 rings (SSSR count). The first-order valence-corrected chi connectivity index (χ1v) is 9.79. The number of rotatable bonds is 8. The highest BCUT2D eigenvalue weighted by Crippen LogP contribution is 2.22. The van der Waals surface area contributed by atoms with Crippen molar-refractivity contribution in [3.63, 3.8) is 0 Å². The van der Waals surface area contributed by atoms with Gasteiger partial charge in [-0.1, -0.05) is 38.1 Å². The summed E-state index contributed by atoms with van der Waals surface area (Å²) in [6.07, 6.45) is 5.40. The molecule has 29 heavy (non-hydrogen) atoms. The van der Waals surface area contributed by atoms with Crippen molar-refractivity contribution in [2.75, 3.05) is 0 Å². The fourth-order valence-electron chi connectivity index (χ4n) is 3.51. The van der Waals surface area contributed by atoms with Gasteiger partial charge in [-0.25, -0.2) is 4.79 Å². The number of nitrogens with one attached hydrogen (secondary N) is 2. The number of hydrogen-bond donors (Lipinski definition) is 3. The van der Waals surface area contributed by atoms with Gasteiger partial charge in [0.05, 0.1) is 11.8 Å². The maximum absolute atomic E-state index is 12.4. The lowest BCUT2D eigenvalue weighted by molar-refractivity contribution is 0.409. The lowest BCUT2D eigenvalue weighted by atomic mass is 10.0. The third-order valence-electron chi connectivity index (χ3n) is 5.05. The SMILES string of the molecule is C=CCn1c(O)c(C(CC)=NC(CC)Cc2c[nH]c3ccccc23)c(=O)[nH]c1=O. The molecule has 0 amide bonds. The fourth-order valence-corrected chi connectivity index (χ4v) is 3.51. The highest BCUT2D eigenvalue weighted by atomic mass is 16.3. The van der Waals surface area contributed by atoms with Crippen LogP contribution in [0.15, 0.2) is 57.7 Å². The average molecular weight is 394 g/mol. The second kappa shape index (κ2) is 8.77. The Morgan fingerprint density at radius 3 is 2.76 bits per heavy atom. The molecular weight excluding hydrogens is 368 g/mol. The molecule has 0 spiro atoms. The highest BCUT2D eigenvalue weighted by molar-refractivity contribution is 6.02. The number of allylic oxidation sites excluding steroid dienone is 1. The standard InChI is InChI=1S/C22H26N4O3/c1-4-11-26-21(28)19(20(27)25-22(26)29)17(6-3)24-15(5-2)12-14-13-23-18-10-8-7-9-16(14)18/h4,7-10,13,15,23,28H,1,5-6,11-12H2,2-3H3,(H,25,27,29). The number of aromatic nitrogens is 3. The summed E-state index contributed by atoms with van der Waals surface area (Å²) in [6.45, 7) is 7.60. The second-order valence-corrected chi connectivity index (χ2v) is 6.91. The van der Waals surface area contributed by atoms with Crippen LogP contribution in [0, 0.1) is 0 Å². The number of para-hydroxylation sites is 1. The summed E-state index contributed by atoms with van der Waals surface area (Å²) in [6, 6.07) is 8.02. The normalized spacial score (nSPS) is 13.0. The van der Waals surface area contributed by atoms with Crippen molar-refractivity contribution in [3.8, 4) is 5.88 Å². The summed E-state index contributed by atoms with van der Waals surface area (Å²) in [5, 5.41) is 11.7. The van der Waals surface area contributed by atoms with Gasteiger partial charge >= 0.3 is 5.69 Å². The van der Waals surface area contributed by atoms with Crippen molar-refractivity contribution in [3.05, 3.63) is 75.1 Å². The molecule has 152 valence electrons. The molecule has 2 heterocycles. The Morgan fingerprint density at radius 2 is 2.07 bits per heavy atom. The van der Waals surface area contributed by atoms with E-state index in [1.165, 1.54) is 6.08 Å². The van der Waals surface area contributed by atoms with E-state index in [0.717, 1.165) is 27.5 Å². The Balaban J connectivity index is 2.02. The summed E-state index contributed by atoms with van der Waals surface area (Å²) in [4.78, 5) is 34.8. The van der Waals surface area contributed by atoms with Gasteiger partial charge in [-0.15, -0.1) is 6.58 Å². The van der Waals surface area contributed by atoms with Crippen LogP contribution in [0.5, 0.6) is 5.88 Å². The minimum Gasteiger partial charge on any atom is -0.494 e. The summed E-state index contributed by atoms with van der Waals surface area (Å²) in [7, 11) is 0. The Labute approximate surface area is 168 Å². The van der Waals surface area contributed by atoms with Crippen molar-refractivity contribution in [1.82, 2.24) is 14.5 Å². The van der Waals surface area contributed by atoms with E-state index in [1.807, 2.05) is 38.2 Å².